The first-order valence-electron chi connectivity index (χ1n) is 16.6. The van der Waals surface area contributed by atoms with Crippen molar-refractivity contribution in [3.8, 4) is 0 Å². The number of fused-ring (bicyclic) bond motifs is 4. The van der Waals surface area contributed by atoms with Crippen LogP contribution in [0.1, 0.15) is 154 Å². The van der Waals surface area contributed by atoms with Crippen LogP contribution in [0, 0.1) is 11.8 Å². The van der Waals surface area contributed by atoms with E-state index in [0.29, 0.717) is 0 Å². The van der Waals surface area contributed by atoms with Crippen molar-refractivity contribution < 1.29 is 9.80 Å². The van der Waals surface area contributed by atoms with Gasteiger partial charge in [0.15, 0.2) is 0 Å². The highest BCUT2D eigenvalue weighted by Gasteiger charge is 2.23. The highest BCUT2D eigenvalue weighted by Crippen LogP contribution is 2.19. The lowest BCUT2D eigenvalue weighted by Crippen LogP contribution is -3.13. The van der Waals surface area contributed by atoms with E-state index < -0.39 is 0 Å². The third kappa shape index (κ3) is 13.3. The second-order valence-corrected chi connectivity index (χ2v) is 12.9. The summed E-state index contributed by atoms with van der Waals surface area (Å²) in [6.45, 7) is 8.88. The Morgan fingerprint density at radius 1 is 0.265 bits per heavy atom. The van der Waals surface area contributed by atoms with Crippen LogP contribution in [0.25, 0.3) is 0 Å². The van der Waals surface area contributed by atoms with Gasteiger partial charge in [0, 0.05) is 11.8 Å². The second-order valence-electron chi connectivity index (χ2n) is 12.9. The lowest BCUT2D eigenvalue weighted by atomic mass is 9.91. The van der Waals surface area contributed by atoms with E-state index in [1.54, 1.807) is 0 Å². The maximum absolute atomic E-state index is 1.95. The predicted molar refractivity (Wildman–Crippen MR) is 149 cm³/mol. The molecule has 0 aromatic carbocycles. The van der Waals surface area contributed by atoms with Gasteiger partial charge in [-0.05, 0) is 64.2 Å². The number of hydrogen-bond acceptors (Lipinski definition) is 0. The molecule has 3 aliphatic rings. The molecule has 200 valence electrons. The maximum atomic E-state index is 1.95. The molecule has 2 heteroatoms. The molecule has 4 bridgehead atoms. The van der Waals surface area contributed by atoms with Crippen molar-refractivity contribution in [3.05, 3.63) is 0 Å². The lowest BCUT2D eigenvalue weighted by molar-refractivity contribution is -0.909. The molecule has 4 atom stereocenters. The van der Waals surface area contributed by atoms with Gasteiger partial charge in [-0.1, -0.05) is 89.9 Å². The van der Waals surface area contributed by atoms with Crippen molar-refractivity contribution in [2.45, 2.75) is 154 Å². The fourth-order valence-corrected chi connectivity index (χ4v) is 7.54. The Morgan fingerprint density at radius 2 is 0.529 bits per heavy atom. The molecule has 4 unspecified atom stereocenters. The monoisotopic (exact) mass is 477 g/mol. The van der Waals surface area contributed by atoms with Gasteiger partial charge >= 0.3 is 0 Å². The van der Waals surface area contributed by atoms with Crippen LogP contribution in [-0.4, -0.2) is 39.3 Å². The van der Waals surface area contributed by atoms with E-state index in [1.807, 2.05) is 9.80 Å². The molecule has 3 heterocycles. The highest BCUT2D eigenvalue weighted by atomic mass is 15.1. The molecule has 34 heavy (non-hydrogen) atoms. The molecule has 0 aromatic heterocycles. The number of piperidine rings is 2. The van der Waals surface area contributed by atoms with E-state index >= 15 is 0 Å². The fraction of sp³-hybridized carbons (Fsp3) is 1.00. The number of quaternary nitrogens is 2. The van der Waals surface area contributed by atoms with Crippen molar-refractivity contribution in [1.82, 2.24) is 0 Å². The van der Waals surface area contributed by atoms with Gasteiger partial charge in [-0.15, -0.1) is 0 Å². The molecule has 0 saturated carbocycles. The zero-order chi connectivity index (χ0) is 23.5. The van der Waals surface area contributed by atoms with E-state index in [1.165, 1.54) is 193 Å². The van der Waals surface area contributed by atoms with Crippen molar-refractivity contribution in [1.29, 1.82) is 0 Å². The summed E-state index contributed by atoms with van der Waals surface area (Å²) in [6, 6.07) is 0. The molecule has 3 rings (SSSR count). The van der Waals surface area contributed by atoms with E-state index in [4.69, 9.17) is 0 Å². The van der Waals surface area contributed by atoms with Crippen molar-refractivity contribution in [2.24, 2.45) is 11.8 Å². The van der Waals surface area contributed by atoms with Crippen LogP contribution in [0.3, 0.4) is 0 Å². The second kappa shape index (κ2) is 19.1. The highest BCUT2D eigenvalue weighted by molar-refractivity contribution is 4.64. The summed E-state index contributed by atoms with van der Waals surface area (Å²) in [5.74, 6) is 2.10. The third-order valence-corrected chi connectivity index (χ3v) is 9.73. The summed E-state index contributed by atoms with van der Waals surface area (Å²) in [7, 11) is 0. The Balaban J connectivity index is 1.30. The van der Waals surface area contributed by atoms with Crippen LogP contribution < -0.4 is 9.80 Å². The van der Waals surface area contributed by atoms with Crippen molar-refractivity contribution in [2.75, 3.05) is 39.3 Å². The van der Waals surface area contributed by atoms with Crippen LogP contribution in [0.5, 0.6) is 0 Å². The Bertz CT molecular complexity index is 422. The minimum absolute atomic E-state index is 1.05. The molecule has 0 spiro atoms. The van der Waals surface area contributed by atoms with Crippen molar-refractivity contribution >= 4 is 0 Å². The Kier molecular flexibility index (Phi) is 16.0. The summed E-state index contributed by atoms with van der Waals surface area (Å²) < 4.78 is 0. The standard InChI is InChI=1S/C32H62N2/c1-2-5-9-13-17-25-33-27-20-24-32(30-33)22-16-12-8-4-6-10-14-18-26-34-28-19-23-31(29-34)21-15-11-7-3-1/h31-32H,1-30H2/p+2. The number of nitrogens with one attached hydrogen (secondary N) is 2. The zero-order valence-electron chi connectivity index (χ0n) is 23.4. The minimum Gasteiger partial charge on any atom is -0.335 e. The molecule has 0 aliphatic carbocycles. The SMILES string of the molecule is C1CCCCCC[NH+]2CCCC(CCCCCCCCCC[NH+]3CCCC(CCCCC1)C3)C2. The van der Waals surface area contributed by atoms with Gasteiger partial charge in [-0.25, -0.2) is 0 Å². The molecule has 2 nitrogen and oxygen atoms in total. The van der Waals surface area contributed by atoms with Crippen molar-refractivity contribution in [3.63, 3.8) is 0 Å². The average molecular weight is 477 g/mol. The van der Waals surface area contributed by atoms with Gasteiger partial charge in [0.05, 0.1) is 39.3 Å². The van der Waals surface area contributed by atoms with Gasteiger partial charge < -0.3 is 9.80 Å². The van der Waals surface area contributed by atoms with E-state index in [9.17, 15) is 0 Å². The molecule has 0 aromatic rings. The largest absolute Gasteiger partial charge is 0.335 e. The minimum atomic E-state index is 1.05. The molecular formula is C32H64N2+2. The molecule has 3 aliphatic heterocycles. The normalized spacial score (nSPS) is 33.9. The first kappa shape index (κ1) is 28.5. The third-order valence-electron chi connectivity index (χ3n) is 9.73. The molecule has 0 amide bonds. The van der Waals surface area contributed by atoms with Crippen LogP contribution in [0.2, 0.25) is 0 Å². The first-order valence-corrected chi connectivity index (χ1v) is 16.6. The van der Waals surface area contributed by atoms with Crippen LogP contribution in [0.15, 0.2) is 0 Å². The van der Waals surface area contributed by atoms with Crippen LogP contribution in [-0.2, 0) is 0 Å². The molecule has 0 radical (unpaired) electrons. The van der Waals surface area contributed by atoms with E-state index in [2.05, 4.69) is 0 Å². The first-order chi connectivity index (χ1) is 16.9. The van der Waals surface area contributed by atoms with Gasteiger partial charge in [0.25, 0.3) is 0 Å². The van der Waals surface area contributed by atoms with Gasteiger partial charge in [0.1, 0.15) is 0 Å². The Hall–Kier alpha value is -0.0800. The maximum Gasteiger partial charge on any atom is 0.0799 e. The number of rotatable bonds is 0. The summed E-state index contributed by atoms with van der Waals surface area (Å²) in [4.78, 5) is 3.90. The van der Waals surface area contributed by atoms with Gasteiger partial charge in [-0.2, -0.15) is 0 Å². The van der Waals surface area contributed by atoms with Crippen LogP contribution in [0.4, 0.5) is 0 Å². The number of hydrogen-bond donors (Lipinski definition) is 2. The van der Waals surface area contributed by atoms with Gasteiger partial charge in [-0.3, -0.25) is 0 Å². The van der Waals surface area contributed by atoms with E-state index in [-0.39, 0.29) is 0 Å². The summed E-state index contributed by atoms with van der Waals surface area (Å²) in [6.07, 6.45) is 36.1. The van der Waals surface area contributed by atoms with Crippen LogP contribution >= 0.6 is 0 Å². The van der Waals surface area contributed by atoms with Gasteiger partial charge in [0.2, 0.25) is 0 Å². The predicted octanol–water partition coefficient (Wildman–Crippen LogP) is 6.39. The average Bonchev–Trinajstić information content (AvgIpc) is 2.86. The summed E-state index contributed by atoms with van der Waals surface area (Å²) >= 11 is 0. The Morgan fingerprint density at radius 3 is 0.912 bits per heavy atom. The lowest BCUT2D eigenvalue weighted by Gasteiger charge is -2.30. The smallest absolute Gasteiger partial charge is 0.0799 e. The fourth-order valence-electron chi connectivity index (χ4n) is 7.54. The van der Waals surface area contributed by atoms with E-state index in [0.717, 1.165) is 11.8 Å². The topological polar surface area (TPSA) is 8.88 Å². The molecule has 3 fully saturated rings. The molecular weight excluding hydrogens is 412 g/mol. The molecule has 2 N–H and O–H groups in total. The molecule has 3 saturated heterocycles. The summed E-state index contributed by atoms with van der Waals surface area (Å²) in [5, 5.41) is 0. The zero-order valence-corrected chi connectivity index (χ0v) is 23.4. The summed E-state index contributed by atoms with van der Waals surface area (Å²) in [5.41, 5.74) is 0. The Labute approximate surface area is 215 Å². The quantitative estimate of drug-likeness (QED) is 0.401.